The van der Waals surface area contributed by atoms with E-state index in [0.717, 1.165) is 0 Å². The standard InChI is InChI=1S/C25H24Cl2N4O4/c1-4-35-22-10-11-28-24(29-22)21(32)14-23(33)31(15-16-8-9-19(26)20(27)12-16)18-7-5-6-17(13-18)25(34)30(2)3/h5-13H,4,14-15H2,1-3H3. The van der Waals surface area contributed by atoms with Crippen molar-refractivity contribution in [3.63, 3.8) is 0 Å². The molecule has 0 saturated carbocycles. The Morgan fingerprint density at radius 1 is 1.00 bits per heavy atom. The van der Waals surface area contributed by atoms with Gasteiger partial charge in [0.2, 0.25) is 17.6 Å². The van der Waals surface area contributed by atoms with E-state index in [4.69, 9.17) is 27.9 Å². The van der Waals surface area contributed by atoms with Gasteiger partial charge in [0.25, 0.3) is 5.91 Å². The van der Waals surface area contributed by atoms with Gasteiger partial charge in [-0.05, 0) is 42.8 Å². The van der Waals surface area contributed by atoms with Crippen LogP contribution in [0.3, 0.4) is 0 Å². The molecule has 0 N–H and O–H groups in total. The van der Waals surface area contributed by atoms with E-state index < -0.39 is 18.1 Å². The lowest BCUT2D eigenvalue weighted by Gasteiger charge is -2.24. The van der Waals surface area contributed by atoms with Gasteiger partial charge in [0, 0.05) is 37.6 Å². The number of amides is 2. The summed E-state index contributed by atoms with van der Waals surface area (Å²) in [6, 6.07) is 13.2. The number of ether oxygens (including phenoxy) is 1. The van der Waals surface area contributed by atoms with Crippen LogP contribution in [0.4, 0.5) is 5.69 Å². The maximum atomic E-state index is 13.4. The molecule has 0 aliphatic heterocycles. The van der Waals surface area contributed by atoms with Gasteiger partial charge in [0.1, 0.15) is 0 Å². The maximum absolute atomic E-state index is 13.4. The molecule has 0 aliphatic rings. The number of anilines is 1. The Morgan fingerprint density at radius 3 is 2.46 bits per heavy atom. The first-order chi connectivity index (χ1) is 16.7. The van der Waals surface area contributed by atoms with Crippen molar-refractivity contribution in [2.45, 2.75) is 19.9 Å². The molecule has 2 aromatic carbocycles. The molecular formula is C25H24Cl2N4O4. The number of carbonyl (C=O) groups excluding carboxylic acids is 3. The summed E-state index contributed by atoms with van der Waals surface area (Å²) in [6.45, 7) is 2.27. The molecule has 0 radical (unpaired) electrons. The molecule has 0 atom stereocenters. The fourth-order valence-electron chi connectivity index (χ4n) is 3.23. The van der Waals surface area contributed by atoms with Crippen molar-refractivity contribution in [2.24, 2.45) is 0 Å². The normalized spacial score (nSPS) is 10.5. The van der Waals surface area contributed by atoms with Crippen molar-refractivity contribution in [1.82, 2.24) is 14.9 Å². The van der Waals surface area contributed by atoms with Gasteiger partial charge in [-0.15, -0.1) is 0 Å². The van der Waals surface area contributed by atoms with Crippen LogP contribution in [-0.2, 0) is 11.3 Å². The van der Waals surface area contributed by atoms with Crippen LogP contribution in [0.2, 0.25) is 10.0 Å². The summed E-state index contributed by atoms with van der Waals surface area (Å²) in [6.07, 6.45) is 0.919. The van der Waals surface area contributed by atoms with Gasteiger partial charge in [-0.25, -0.2) is 4.98 Å². The van der Waals surface area contributed by atoms with Crippen LogP contribution in [0.5, 0.6) is 5.88 Å². The minimum absolute atomic E-state index is 0.0997. The number of halogens is 2. The van der Waals surface area contributed by atoms with Crippen molar-refractivity contribution >= 4 is 46.5 Å². The second-order valence-corrected chi connectivity index (χ2v) is 8.54. The zero-order valence-corrected chi connectivity index (χ0v) is 21.0. The number of nitrogens with zero attached hydrogens (tertiary/aromatic N) is 4. The van der Waals surface area contributed by atoms with Crippen LogP contribution in [0.25, 0.3) is 0 Å². The van der Waals surface area contributed by atoms with Crippen molar-refractivity contribution < 1.29 is 19.1 Å². The van der Waals surface area contributed by atoms with Crippen LogP contribution in [0, 0.1) is 0 Å². The Kier molecular flexibility index (Phi) is 8.78. The smallest absolute Gasteiger partial charge is 0.253 e. The number of Topliss-reactive ketones (excluding diaryl/α,β-unsaturated/α-hetero) is 1. The quantitative estimate of drug-likeness (QED) is 0.303. The summed E-state index contributed by atoms with van der Waals surface area (Å²) in [4.78, 5) is 49.6. The molecular weight excluding hydrogens is 491 g/mol. The highest BCUT2D eigenvalue weighted by molar-refractivity contribution is 6.42. The number of ketones is 1. The monoisotopic (exact) mass is 514 g/mol. The molecule has 2 amide bonds. The lowest BCUT2D eigenvalue weighted by Crippen LogP contribution is -2.32. The molecule has 0 unspecified atom stereocenters. The molecule has 0 aliphatic carbocycles. The third-order valence-corrected chi connectivity index (χ3v) is 5.66. The Labute approximate surface area is 213 Å². The van der Waals surface area contributed by atoms with Crippen LogP contribution >= 0.6 is 23.2 Å². The molecule has 182 valence electrons. The fourth-order valence-corrected chi connectivity index (χ4v) is 3.55. The van der Waals surface area contributed by atoms with E-state index in [1.165, 1.54) is 22.1 Å². The van der Waals surface area contributed by atoms with E-state index in [1.807, 2.05) is 0 Å². The topological polar surface area (TPSA) is 92.7 Å². The first-order valence-electron chi connectivity index (χ1n) is 10.7. The van der Waals surface area contributed by atoms with Gasteiger partial charge < -0.3 is 14.5 Å². The number of aromatic nitrogens is 2. The highest BCUT2D eigenvalue weighted by Gasteiger charge is 2.23. The molecule has 0 fully saturated rings. The van der Waals surface area contributed by atoms with Crippen molar-refractivity contribution in [3.05, 3.63) is 81.7 Å². The first-order valence-corrected chi connectivity index (χ1v) is 11.5. The van der Waals surface area contributed by atoms with Crippen molar-refractivity contribution in [1.29, 1.82) is 0 Å². The van der Waals surface area contributed by atoms with E-state index in [-0.39, 0.29) is 24.2 Å². The third kappa shape index (κ3) is 6.77. The Bertz CT molecular complexity index is 1250. The van der Waals surface area contributed by atoms with Crippen molar-refractivity contribution in [2.75, 3.05) is 25.6 Å². The molecule has 3 rings (SSSR count). The number of hydrogen-bond donors (Lipinski definition) is 0. The largest absolute Gasteiger partial charge is 0.478 e. The first kappa shape index (κ1) is 26.1. The van der Waals surface area contributed by atoms with Gasteiger partial charge in [0.05, 0.1) is 29.6 Å². The van der Waals surface area contributed by atoms with Gasteiger partial charge >= 0.3 is 0 Å². The predicted octanol–water partition coefficient (Wildman–Crippen LogP) is 4.69. The molecule has 3 aromatic rings. The second-order valence-electron chi connectivity index (χ2n) is 7.73. The van der Waals surface area contributed by atoms with Crippen LogP contribution in [-0.4, -0.2) is 53.2 Å². The van der Waals surface area contributed by atoms with E-state index in [9.17, 15) is 14.4 Å². The van der Waals surface area contributed by atoms with E-state index in [1.54, 1.807) is 63.5 Å². The average Bonchev–Trinajstić information content (AvgIpc) is 2.84. The molecule has 0 bridgehead atoms. The molecule has 1 aromatic heterocycles. The number of carbonyl (C=O) groups is 3. The minimum Gasteiger partial charge on any atom is -0.478 e. The summed E-state index contributed by atoms with van der Waals surface area (Å²) in [5.74, 6) is -1.14. The zero-order valence-electron chi connectivity index (χ0n) is 19.5. The highest BCUT2D eigenvalue weighted by atomic mass is 35.5. The minimum atomic E-state index is -0.559. The van der Waals surface area contributed by atoms with E-state index in [0.29, 0.717) is 33.5 Å². The summed E-state index contributed by atoms with van der Waals surface area (Å²) >= 11 is 12.2. The third-order valence-electron chi connectivity index (χ3n) is 4.92. The van der Waals surface area contributed by atoms with E-state index in [2.05, 4.69) is 9.97 Å². The Morgan fingerprint density at radius 2 is 1.77 bits per heavy atom. The summed E-state index contributed by atoms with van der Waals surface area (Å²) in [5.41, 5.74) is 1.54. The highest BCUT2D eigenvalue weighted by Crippen LogP contribution is 2.26. The molecule has 0 spiro atoms. The number of benzene rings is 2. The summed E-state index contributed by atoms with van der Waals surface area (Å²) < 4.78 is 5.32. The molecule has 8 nitrogen and oxygen atoms in total. The van der Waals surface area contributed by atoms with Gasteiger partial charge in [0.15, 0.2) is 5.82 Å². The molecule has 0 saturated heterocycles. The number of rotatable bonds is 9. The number of hydrogen-bond acceptors (Lipinski definition) is 6. The van der Waals surface area contributed by atoms with Crippen LogP contribution < -0.4 is 9.64 Å². The SMILES string of the molecule is CCOc1ccnc(C(=O)CC(=O)N(Cc2ccc(Cl)c(Cl)c2)c2cccc(C(=O)N(C)C)c2)n1. The predicted molar refractivity (Wildman–Crippen MR) is 134 cm³/mol. The Hall–Kier alpha value is -3.49. The summed E-state index contributed by atoms with van der Waals surface area (Å²) in [5, 5.41) is 0.721. The summed E-state index contributed by atoms with van der Waals surface area (Å²) in [7, 11) is 3.28. The van der Waals surface area contributed by atoms with Crippen molar-refractivity contribution in [3.8, 4) is 5.88 Å². The van der Waals surface area contributed by atoms with Gasteiger partial charge in [-0.3, -0.25) is 14.4 Å². The second kappa shape index (κ2) is 11.8. The van der Waals surface area contributed by atoms with E-state index >= 15 is 0 Å². The zero-order chi connectivity index (χ0) is 25.5. The Balaban J connectivity index is 1.93. The maximum Gasteiger partial charge on any atom is 0.253 e. The van der Waals surface area contributed by atoms with Gasteiger partial charge in [-0.2, -0.15) is 4.98 Å². The van der Waals surface area contributed by atoms with Crippen LogP contribution in [0.1, 0.15) is 39.9 Å². The molecule has 1 heterocycles. The average molecular weight is 515 g/mol. The molecule has 35 heavy (non-hydrogen) atoms. The fraction of sp³-hybridized carbons (Fsp3) is 0.240. The lowest BCUT2D eigenvalue weighted by atomic mass is 10.1. The van der Waals surface area contributed by atoms with Gasteiger partial charge in [-0.1, -0.05) is 35.3 Å². The molecule has 10 heteroatoms. The van der Waals surface area contributed by atoms with Crippen LogP contribution in [0.15, 0.2) is 54.7 Å². The lowest BCUT2D eigenvalue weighted by molar-refractivity contribution is -0.117.